The zero-order valence-electron chi connectivity index (χ0n) is 17.0. The Labute approximate surface area is 174 Å². The highest BCUT2D eigenvalue weighted by Gasteiger charge is 2.40. The fraction of sp³-hybridized carbons (Fsp3) is 0.273. The van der Waals surface area contributed by atoms with Gasteiger partial charge in [0.2, 0.25) is 0 Å². The van der Waals surface area contributed by atoms with Crippen LogP contribution in [0.5, 0.6) is 17.2 Å². The highest BCUT2D eigenvalue weighted by molar-refractivity contribution is 8.04. The Kier molecular flexibility index (Phi) is 6.17. The molecule has 2 amide bonds. The van der Waals surface area contributed by atoms with Crippen molar-refractivity contribution >= 4 is 34.8 Å². The fourth-order valence-electron chi connectivity index (χ4n) is 3.07. The summed E-state index contributed by atoms with van der Waals surface area (Å²) in [6, 6.07) is 12.1. The van der Waals surface area contributed by atoms with Crippen LogP contribution in [0.25, 0.3) is 5.57 Å². The van der Waals surface area contributed by atoms with E-state index in [1.807, 2.05) is 13.8 Å². The Balaban J connectivity index is 2.09. The van der Waals surface area contributed by atoms with E-state index in [2.05, 4.69) is 0 Å². The fourth-order valence-corrected chi connectivity index (χ4v) is 4.05. The van der Waals surface area contributed by atoms with Crippen LogP contribution in [-0.2, 0) is 9.59 Å². The van der Waals surface area contributed by atoms with E-state index < -0.39 is 0 Å². The molecular weight excluding hydrogens is 390 g/mol. The van der Waals surface area contributed by atoms with Gasteiger partial charge in [0.05, 0.1) is 37.5 Å². The van der Waals surface area contributed by atoms with Gasteiger partial charge in [0.1, 0.15) is 5.75 Å². The monoisotopic (exact) mass is 413 g/mol. The smallest absolute Gasteiger partial charge is 0.272 e. The molecule has 29 heavy (non-hydrogen) atoms. The number of thioether (sulfide) groups is 1. The van der Waals surface area contributed by atoms with Gasteiger partial charge >= 0.3 is 0 Å². The zero-order valence-corrected chi connectivity index (χ0v) is 17.8. The molecule has 0 fully saturated rings. The number of rotatable bonds is 7. The first-order valence-electron chi connectivity index (χ1n) is 9.07. The van der Waals surface area contributed by atoms with Gasteiger partial charge in [0.25, 0.3) is 11.8 Å². The number of imide groups is 1. The van der Waals surface area contributed by atoms with Crippen LogP contribution in [0, 0.1) is 0 Å². The quantitative estimate of drug-likeness (QED) is 0.636. The Hall–Kier alpha value is -2.93. The van der Waals surface area contributed by atoms with Gasteiger partial charge in [-0.3, -0.25) is 9.59 Å². The summed E-state index contributed by atoms with van der Waals surface area (Å²) in [4.78, 5) is 28.2. The first-order valence-corrected chi connectivity index (χ1v) is 9.95. The molecule has 0 atom stereocenters. The number of benzene rings is 2. The molecule has 3 rings (SSSR count). The molecule has 0 aliphatic carbocycles. The molecule has 0 bridgehead atoms. The van der Waals surface area contributed by atoms with Gasteiger partial charge in [0, 0.05) is 5.25 Å². The SMILES string of the molecule is COc1ccc(N2C(=O)C(SC(C)C)=C(c3ccc(OC)c(OC)c3)C2=O)cc1. The first kappa shape index (κ1) is 20.8. The summed E-state index contributed by atoms with van der Waals surface area (Å²) >= 11 is 1.38. The molecule has 0 saturated heterocycles. The van der Waals surface area contributed by atoms with Crippen LogP contribution >= 0.6 is 11.8 Å². The number of hydrogen-bond donors (Lipinski definition) is 0. The maximum absolute atomic E-state index is 13.3. The van der Waals surface area contributed by atoms with Crippen LogP contribution in [0.2, 0.25) is 0 Å². The minimum Gasteiger partial charge on any atom is -0.497 e. The van der Waals surface area contributed by atoms with Crippen molar-refractivity contribution in [1.29, 1.82) is 0 Å². The summed E-state index contributed by atoms with van der Waals surface area (Å²) in [5.74, 6) is 1.00. The van der Waals surface area contributed by atoms with Crippen LogP contribution in [0.3, 0.4) is 0 Å². The van der Waals surface area contributed by atoms with E-state index in [-0.39, 0.29) is 17.1 Å². The number of anilines is 1. The predicted octanol–water partition coefficient (Wildman–Crippen LogP) is 4.14. The predicted molar refractivity (Wildman–Crippen MR) is 115 cm³/mol. The van der Waals surface area contributed by atoms with Gasteiger partial charge in [0.15, 0.2) is 11.5 Å². The molecule has 1 heterocycles. The third-order valence-electron chi connectivity index (χ3n) is 4.40. The molecule has 0 spiro atoms. The van der Waals surface area contributed by atoms with Crippen molar-refractivity contribution in [2.45, 2.75) is 19.1 Å². The summed E-state index contributed by atoms with van der Waals surface area (Å²) in [5, 5.41) is 0.132. The standard InChI is InChI=1S/C22H23NO5S/c1-13(2)29-20-19(14-6-11-17(27-4)18(12-14)28-5)21(24)23(22(20)25)15-7-9-16(26-3)10-8-15/h6-13H,1-5H3. The van der Waals surface area contributed by atoms with Gasteiger partial charge in [-0.1, -0.05) is 19.9 Å². The maximum Gasteiger partial charge on any atom is 0.272 e. The van der Waals surface area contributed by atoms with Crippen LogP contribution in [-0.4, -0.2) is 38.4 Å². The molecule has 0 saturated carbocycles. The van der Waals surface area contributed by atoms with Crippen molar-refractivity contribution in [3.05, 3.63) is 52.9 Å². The Morgan fingerprint density at radius 3 is 2.03 bits per heavy atom. The van der Waals surface area contributed by atoms with Crippen molar-refractivity contribution in [3.63, 3.8) is 0 Å². The lowest BCUT2D eigenvalue weighted by molar-refractivity contribution is -0.119. The molecular formula is C22H23NO5S. The molecule has 152 valence electrons. The van der Waals surface area contributed by atoms with E-state index in [0.29, 0.717) is 39.0 Å². The van der Waals surface area contributed by atoms with Crippen LogP contribution in [0.1, 0.15) is 19.4 Å². The van der Waals surface area contributed by atoms with Gasteiger partial charge in [-0.15, -0.1) is 11.8 Å². The molecule has 2 aromatic carbocycles. The minimum atomic E-state index is -0.365. The van der Waals surface area contributed by atoms with Crippen molar-refractivity contribution < 1.29 is 23.8 Å². The second kappa shape index (κ2) is 8.61. The Bertz CT molecular complexity index is 966. The van der Waals surface area contributed by atoms with Gasteiger partial charge < -0.3 is 14.2 Å². The average Bonchev–Trinajstić information content (AvgIpc) is 2.96. The number of carbonyl (C=O) groups is 2. The second-order valence-corrected chi connectivity index (χ2v) is 8.17. The maximum atomic E-state index is 13.3. The molecule has 7 heteroatoms. The van der Waals surface area contributed by atoms with E-state index in [0.717, 1.165) is 0 Å². The van der Waals surface area contributed by atoms with E-state index in [1.54, 1.807) is 56.7 Å². The molecule has 6 nitrogen and oxygen atoms in total. The summed E-state index contributed by atoms with van der Waals surface area (Å²) < 4.78 is 15.8. The van der Waals surface area contributed by atoms with Gasteiger partial charge in [-0.2, -0.15) is 0 Å². The van der Waals surface area contributed by atoms with Crippen LogP contribution in [0.15, 0.2) is 47.4 Å². The Morgan fingerprint density at radius 1 is 0.828 bits per heavy atom. The van der Waals surface area contributed by atoms with Crippen LogP contribution < -0.4 is 19.1 Å². The average molecular weight is 413 g/mol. The van der Waals surface area contributed by atoms with E-state index in [4.69, 9.17) is 14.2 Å². The summed E-state index contributed by atoms with van der Waals surface area (Å²) in [5.41, 5.74) is 1.48. The summed E-state index contributed by atoms with van der Waals surface area (Å²) in [6.45, 7) is 3.97. The third kappa shape index (κ3) is 3.96. The van der Waals surface area contributed by atoms with Crippen molar-refractivity contribution in [3.8, 4) is 17.2 Å². The first-order chi connectivity index (χ1) is 13.9. The number of methoxy groups -OCH3 is 3. The lowest BCUT2D eigenvalue weighted by Crippen LogP contribution is -2.31. The van der Waals surface area contributed by atoms with Crippen molar-refractivity contribution in [1.82, 2.24) is 0 Å². The topological polar surface area (TPSA) is 65.1 Å². The Morgan fingerprint density at radius 2 is 1.48 bits per heavy atom. The molecule has 1 aliphatic rings. The molecule has 2 aromatic rings. The number of hydrogen-bond acceptors (Lipinski definition) is 6. The lowest BCUT2D eigenvalue weighted by atomic mass is 10.1. The molecule has 0 radical (unpaired) electrons. The van der Waals surface area contributed by atoms with E-state index in [1.165, 1.54) is 23.8 Å². The zero-order chi connectivity index (χ0) is 21.1. The van der Waals surface area contributed by atoms with Crippen molar-refractivity contribution in [2.24, 2.45) is 0 Å². The van der Waals surface area contributed by atoms with Crippen LogP contribution in [0.4, 0.5) is 5.69 Å². The second-order valence-electron chi connectivity index (χ2n) is 6.58. The largest absolute Gasteiger partial charge is 0.497 e. The molecule has 1 aliphatic heterocycles. The summed E-state index contributed by atoms with van der Waals surface area (Å²) in [7, 11) is 4.65. The van der Waals surface area contributed by atoms with Gasteiger partial charge in [-0.05, 0) is 42.0 Å². The molecule has 0 unspecified atom stereocenters. The highest BCUT2D eigenvalue weighted by atomic mass is 32.2. The molecule has 0 N–H and O–H groups in total. The number of amides is 2. The molecule has 0 aromatic heterocycles. The van der Waals surface area contributed by atoms with E-state index in [9.17, 15) is 9.59 Å². The highest BCUT2D eigenvalue weighted by Crippen LogP contribution is 2.42. The third-order valence-corrected chi connectivity index (χ3v) is 5.48. The number of nitrogens with zero attached hydrogens (tertiary/aromatic N) is 1. The lowest BCUT2D eigenvalue weighted by Gasteiger charge is -2.16. The summed E-state index contributed by atoms with van der Waals surface area (Å²) in [6.07, 6.45) is 0. The van der Waals surface area contributed by atoms with Crippen molar-refractivity contribution in [2.75, 3.05) is 26.2 Å². The van der Waals surface area contributed by atoms with Gasteiger partial charge in [-0.25, -0.2) is 4.90 Å². The minimum absolute atomic E-state index is 0.132. The normalized spacial score (nSPS) is 14.1. The van der Waals surface area contributed by atoms with E-state index >= 15 is 0 Å². The number of ether oxygens (including phenoxy) is 3. The number of carbonyl (C=O) groups excluding carboxylic acids is 2.